The Morgan fingerprint density at radius 1 is 0.963 bits per heavy atom. The van der Waals surface area contributed by atoms with E-state index in [0.29, 0.717) is 28.2 Å². The van der Waals surface area contributed by atoms with Gasteiger partial charge in [-0.3, -0.25) is 0 Å². The average molecular weight is 382 g/mol. The number of nitrogens with zero attached hydrogens (tertiary/aromatic N) is 5. The van der Waals surface area contributed by atoms with Crippen molar-refractivity contribution in [2.45, 2.75) is 13.8 Å². The zero-order chi connectivity index (χ0) is 19.0. The molecular formula is C19H16ClN5O2. The summed E-state index contributed by atoms with van der Waals surface area (Å²) in [6.07, 6.45) is 0. The summed E-state index contributed by atoms with van der Waals surface area (Å²) in [5, 5.41) is 17.1. The van der Waals surface area contributed by atoms with Crippen molar-refractivity contribution < 1.29 is 9.15 Å². The Labute approximate surface area is 160 Å². The smallest absolute Gasteiger partial charge is 0.270 e. The van der Waals surface area contributed by atoms with Crippen LogP contribution >= 0.6 is 11.6 Å². The number of methoxy groups -OCH3 is 1. The third-order valence-corrected chi connectivity index (χ3v) is 4.50. The number of halogens is 1. The summed E-state index contributed by atoms with van der Waals surface area (Å²) in [5.74, 6) is 1.35. The number of rotatable bonds is 4. The van der Waals surface area contributed by atoms with Crippen molar-refractivity contribution in [3.8, 4) is 34.5 Å². The maximum atomic E-state index is 6.21. The van der Waals surface area contributed by atoms with Crippen LogP contribution in [0.2, 0.25) is 5.02 Å². The molecule has 0 atom stereocenters. The van der Waals surface area contributed by atoms with Crippen molar-refractivity contribution in [1.82, 2.24) is 25.2 Å². The van der Waals surface area contributed by atoms with Crippen LogP contribution in [-0.2, 0) is 0 Å². The molecule has 0 fully saturated rings. The Morgan fingerprint density at radius 3 is 2.41 bits per heavy atom. The van der Waals surface area contributed by atoms with E-state index < -0.39 is 0 Å². The zero-order valence-corrected chi connectivity index (χ0v) is 15.7. The lowest BCUT2D eigenvalue weighted by Crippen LogP contribution is -1.99. The van der Waals surface area contributed by atoms with Gasteiger partial charge in [-0.25, -0.2) is 4.68 Å². The second-order valence-electron chi connectivity index (χ2n) is 6.03. The van der Waals surface area contributed by atoms with Crippen molar-refractivity contribution in [3.05, 3.63) is 58.7 Å². The van der Waals surface area contributed by atoms with Crippen molar-refractivity contribution in [2.75, 3.05) is 7.11 Å². The second kappa shape index (κ2) is 6.85. The van der Waals surface area contributed by atoms with Crippen LogP contribution in [0.5, 0.6) is 5.75 Å². The van der Waals surface area contributed by atoms with E-state index in [1.807, 2.05) is 44.2 Å². The fourth-order valence-corrected chi connectivity index (χ4v) is 2.94. The van der Waals surface area contributed by atoms with Gasteiger partial charge < -0.3 is 9.15 Å². The molecule has 0 amide bonds. The van der Waals surface area contributed by atoms with Crippen molar-refractivity contribution >= 4 is 11.6 Å². The van der Waals surface area contributed by atoms with Crippen LogP contribution in [0.3, 0.4) is 0 Å². The number of aromatic nitrogens is 5. The van der Waals surface area contributed by atoms with E-state index >= 15 is 0 Å². The highest BCUT2D eigenvalue weighted by Gasteiger charge is 2.19. The van der Waals surface area contributed by atoms with Crippen LogP contribution in [0.1, 0.15) is 11.3 Å². The quantitative estimate of drug-likeness (QED) is 0.525. The normalized spacial score (nSPS) is 11.0. The molecule has 0 radical (unpaired) electrons. The molecule has 0 aliphatic heterocycles. The number of ether oxygens (including phenoxy) is 1. The van der Waals surface area contributed by atoms with Gasteiger partial charge in [0.1, 0.15) is 5.75 Å². The molecule has 0 N–H and O–H groups in total. The molecule has 4 rings (SSSR count). The fraction of sp³-hybridized carbons (Fsp3) is 0.158. The van der Waals surface area contributed by atoms with Crippen LogP contribution in [0, 0.1) is 13.8 Å². The Hall–Kier alpha value is -3.19. The SMILES string of the molecule is COc1ccc(-n2nnc(-c3nnc(-c4ccc(C)cc4)o3)c2C)cc1Cl. The Morgan fingerprint density at radius 2 is 1.70 bits per heavy atom. The lowest BCUT2D eigenvalue weighted by molar-refractivity contribution is 0.415. The topological polar surface area (TPSA) is 78.9 Å². The minimum absolute atomic E-state index is 0.314. The molecule has 0 aliphatic rings. The zero-order valence-electron chi connectivity index (χ0n) is 15.0. The summed E-state index contributed by atoms with van der Waals surface area (Å²) in [6.45, 7) is 3.90. The van der Waals surface area contributed by atoms with Gasteiger partial charge in [0.25, 0.3) is 5.89 Å². The van der Waals surface area contributed by atoms with E-state index in [4.69, 9.17) is 20.8 Å². The molecule has 2 aromatic heterocycles. The van der Waals surface area contributed by atoms with Crippen molar-refractivity contribution in [2.24, 2.45) is 0 Å². The van der Waals surface area contributed by atoms with Gasteiger partial charge in [-0.05, 0) is 44.2 Å². The first-order valence-electron chi connectivity index (χ1n) is 8.24. The van der Waals surface area contributed by atoms with Crippen LogP contribution < -0.4 is 4.74 Å². The van der Waals surface area contributed by atoms with Gasteiger partial charge in [0, 0.05) is 5.56 Å². The Bertz CT molecular complexity index is 1100. The van der Waals surface area contributed by atoms with Gasteiger partial charge in [-0.2, -0.15) is 0 Å². The summed E-state index contributed by atoms with van der Waals surface area (Å²) in [6, 6.07) is 13.3. The molecule has 0 saturated heterocycles. The first-order chi connectivity index (χ1) is 13.1. The summed E-state index contributed by atoms with van der Waals surface area (Å²) >= 11 is 6.21. The van der Waals surface area contributed by atoms with Gasteiger partial charge >= 0.3 is 0 Å². The molecule has 0 bridgehead atoms. The molecule has 0 aliphatic carbocycles. The van der Waals surface area contributed by atoms with Crippen molar-refractivity contribution in [3.63, 3.8) is 0 Å². The van der Waals surface area contributed by atoms with Gasteiger partial charge in [-0.1, -0.05) is 34.5 Å². The molecule has 0 saturated carbocycles. The highest BCUT2D eigenvalue weighted by molar-refractivity contribution is 6.32. The van der Waals surface area contributed by atoms with Crippen LogP contribution in [0.25, 0.3) is 28.7 Å². The third kappa shape index (κ3) is 3.17. The fourth-order valence-electron chi connectivity index (χ4n) is 2.69. The first kappa shape index (κ1) is 17.2. The largest absolute Gasteiger partial charge is 0.495 e. The highest BCUT2D eigenvalue weighted by atomic mass is 35.5. The molecule has 8 heteroatoms. The number of aryl methyl sites for hydroxylation is 1. The molecule has 136 valence electrons. The summed E-state index contributed by atoms with van der Waals surface area (Å²) in [7, 11) is 1.57. The molecule has 2 aromatic carbocycles. The Balaban J connectivity index is 1.68. The van der Waals surface area contributed by atoms with Crippen LogP contribution in [0.15, 0.2) is 46.9 Å². The predicted octanol–water partition coefficient (Wildman–Crippen LogP) is 4.26. The maximum Gasteiger partial charge on any atom is 0.270 e. The average Bonchev–Trinajstić information content (AvgIpc) is 3.29. The maximum absolute atomic E-state index is 6.21. The third-order valence-electron chi connectivity index (χ3n) is 4.20. The molecule has 4 aromatic rings. The summed E-state index contributed by atoms with van der Waals surface area (Å²) in [4.78, 5) is 0. The van der Waals surface area contributed by atoms with E-state index in [1.54, 1.807) is 23.9 Å². The van der Waals surface area contributed by atoms with E-state index in [1.165, 1.54) is 0 Å². The number of hydrogen-bond donors (Lipinski definition) is 0. The standard InChI is InChI=1S/C19H16ClN5O2/c1-11-4-6-13(7-5-11)18-22-23-19(27-18)17-12(2)25(24-21-17)14-8-9-16(26-3)15(20)10-14/h4-10H,1-3H3. The van der Waals surface area contributed by atoms with Gasteiger partial charge in [0.05, 0.1) is 23.5 Å². The van der Waals surface area contributed by atoms with E-state index in [-0.39, 0.29) is 0 Å². The molecular weight excluding hydrogens is 366 g/mol. The van der Waals surface area contributed by atoms with E-state index in [0.717, 1.165) is 22.5 Å². The monoisotopic (exact) mass is 381 g/mol. The molecule has 2 heterocycles. The van der Waals surface area contributed by atoms with Crippen LogP contribution in [-0.4, -0.2) is 32.3 Å². The highest BCUT2D eigenvalue weighted by Crippen LogP contribution is 2.29. The minimum atomic E-state index is 0.314. The number of hydrogen-bond acceptors (Lipinski definition) is 6. The molecule has 27 heavy (non-hydrogen) atoms. The van der Waals surface area contributed by atoms with Gasteiger partial charge in [0.15, 0.2) is 5.69 Å². The minimum Gasteiger partial charge on any atom is -0.495 e. The molecule has 7 nitrogen and oxygen atoms in total. The lowest BCUT2D eigenvalue weighted by atomic mass is 10.1. The van der Waals surface area contributed by atoms with E-state index in [9.17, 15) is 0 Å². The lowest BCUT2D eigenvalue weighted by Gasteiger charge is -2.07. The molecule has 0 spiro atoms. The second-order valence-corrected chi connectivity index (χ2v) is 6.44. The van der Waals surface area contributed by atoms with Gasteiger partial charge in [-0.15, -0.1) is 15.3 Å². The van der Waals surface area contributed by atoms with Crippen molar-refractivity contribution in [1.29, 1.82) is 0 Å². The summed E-state index contributed by atoms with van der Waals surface area (Å²) < 4.78 is 12.6. The van der Waals surface area contributed by atoms with Gasteiger partial charge in [0.2, 0.25) is 5.89 Å². The van der Waals surface area contributed by atoms with Crippen LogP contribution in [0.4, 0.5) is 0 Å². The number of benzene rings is 2. The van der Waals surface area contributed by atoms with E-state index in [2.05, 4.69) is 20.5 Å². The molecule has 0 unspecified atom stereocenters. The summed E-state index contributed by atoms with van der Waals surface area (Å²) in [5.41, 5.74) is 4.06. The first-order valence-corrected chi connectivity index (χ1v) is 8.62. The predicted molar refractivity (Wildman–Crippen MR) is 101 cm³/mol. The Kier molecular flexibility index (Phi) is 4.37.